The number of rotatable bonds is 5. The second kappa shape index (κ2) is 11.6. The van der Waals surface area contributed by atoms with Gasteiger partial charge in [-0.3, -0.25) is 0 Å². The summed E-state index contributed by atoms with van der Waals surface area (Å²) in [5.74, 6) is 0. The molecule has 0 spiro atoms. The second-order valence-electron chi connectivity index (χ2n) is 12.5. The highest BCUT2D eigenvalue weighted by molar-refractivity contribution is 6.24. The molecule has 0 radical (unpaired) electrons. The van der Waals surface area contributed by atoms with Crippen LogP contribution >= 0.6 is 0 Å². The van der Waals surface area contributed by atoms with Crippen LogP contribution in [0.5, 0.6) is 0 Å². The fraction of sp³-hybridized carbons (Fsp3) is 0.0213. The van der Waals surface area contributed by atoms with Crippen molar-refractivity contribution in [2.45, 2.75) is 6.92 Å². The van der Waals surface area contributed by atoms with Gasteiger partial charge in [-0.05, 0) is 102 Å². The molecule has 226 valence electrons. The Balaban J connectivity index is 1.44. The number of benzene rings is 8. The molecule has 0 unspecified atom stereocenters. The monoisotopic (exact) mass is 611 g/mol. The molecule has 0 saturated heterocycles. The normalized spacial score (nSPS) is 11.4. The van der Waals surface area contributed by atoms with Gasteiger partial charge in [0, 0.05) is 5.69 Å². The van der Waals surface area contributed by atoms with Gasteiger partial charge in [-0.15, -0.1) is 0 Å². The molecule has 0 aliphatic heterocycles. The van der Waals surface area contributed by atoms with Crippen LogP contribution in [0.4, 0.5) is 0 Å². The van der Waals surface area contributed by atoms with E-state index < -0.39 is 0 Å². The van der Waals surface area contributed by atoms with Crippen LogP contribution in [0.25, 0.3) is 82.8 Å². The Morgan fingerprint density at radius 1 is 0.354 bits per heavy atom. The van der Waals surface area contributed by atoms with Gasteiger partial charge in [0.1, 0.15) is 0 Å². The van der Waals surface area contributed by atoms with Crippen LogP contribution in [0, 0.1) is 6.92 Å². The number of aromatic nitrogens is 1. The van der Waals surface area contributed by atoms with Crippen molar-refractivity contribution < 1.29 is 0 Å². The molecule has 0 atom stereocenters. The Bertz CT molecular complexity index is 2550. The van der Waals surface area contributed by atoms with E-state index in [1.165, 1.54) is 82.6 Å². The largest absolute Gasteiger partial charge is 0.309 e. The smallest absolute Gasteiger partial charge is 0.0535 e. The average molecular weight is 612 g/mol. The van der Waals surface area contributed by atoms with Crippen molar-refractivity contribution in [3.8, 4) is 50.5 Å². The molecule has 8 aromatic carbocycles. The van der Waals surface area contributed by atoms with Crippen LogP contribution < -0.4 is 0 Å². The summed E-state index contributed by atoms with van der Waals surface area (Å²) in [5, 5.41) is 7.53. The minimum Gasteiger partial charge on any atom is -0.309 e. The van der Waals surface area contributed by atoms with Gasteiger partial charge in [-0.1, -0.05) is 158 Å². The maximum atomic E-state index is 2.43. The maximum Gasteiger partial charge on any atom is 0.0535 e. The first kappa shape index (κ1) is 28.1. The van der Waals surface area contributed by atoms with E-state index >= 15 is 0 Å². The standard InChI is InChI=1S/C47H33N/c1-32-15-8-10-22-37(32)46-40-24-12-13-25-41(40)47(39-26-14-21-33-16-9-11-23-38(33)39)43-31-36(27-28-42(43)46)48-44(34-17-4-2-5-18-34)29-30-45(48)35-19-6-3-7-20-35/h2-31H,1H3. The molecular formula is C47H33N. The van der Waals surface area contributed by atoms with E-state index in [1.54, 1.807) is 0 Å². The van der Waals surface area contributed by atoms with E-state index in [9.17, 15) is 0 Å². The van der Waals surface area contributed by atoms with Crippen molar-refractivity contribution in [1.29, 1.82) is 0 Å². The quantitative estimate of drug-likeness (QED) is 0.171. The first-order chi connectivity index (χ1) is 23.8. The van der Waals surface area contributed by atoms with E-state index in [0.717, 1.165) is 5.69 Å². The van der Waals surface area contributed by atoms with E-state index in [2.05, 4.69) is 193 Å². The fourth-order valence-corrected chi connectivity index (χ4v) is 7.57. The van der Waals surface area contributed by atoms with Crippen molar-refractivity contribution >= 4 is 32.3 Å². The Labute approximate surface area is 281 Å². The first-order valence-corrected chi connectivity index (χ1v) is 16.6. The van der Waals surface area contributed by atoms with Gasteiger partial charge >= 0.3 is 0 Å². The van der Waals surface area contributed by atoms with Crippen molar-refractivity contribution in [1.82, 2.24) is 4.57 Å². The summed E-state index contributed by atoms with van der Waals surface area (Å²) >= 11 is 0. The van der Waals surface area contributed by atoms with Gasteiger partial charge in [0.05, 0.1) is 11.4 Å². The van der Waals surface area contributed by atoms with Gasteiger partial charge in [0.15, 0.2) is 0 Å². The summed E-state index contributed by atoms with van der Waals surface area (Å²) in [7, 11) is 0. The Hall–Kier alpha value is -6.18. The molecule has 1 nitrogen and oxygen atoms in total. The zero-order valence-electron chi connectivity index (χ0n) is 26.8. The number of nitrogens with zero attached hydrogens (tertiary/aromatic N) is 1. The number of fused-ring (bicyclic) bond motifs is 3. The molecule has 1 heterocycles. The summed E-state index contributed by atoms with van der Waals surface area (Å²) in [4.78, 5) is 0. The molecule has 1 heteroatoms. The molecular weight excluding hydrogens is 579 g/mol. The maximum absolute atomic E-state index is 2.43. The van der Waals surface area contributed by atoms with Gasteiger partial charge in [0.2, 0.25) is 0 Å². The summed E-state index contributed by atoms with van der Waals surface area (Å²) in [6.07, 6.45) is 0. The lowest BCUT2D eigenvalue weighted by Gasteiger charge is -2.21. The number of hydrogen-bond acceptors (Lipinski definition) is 0. The SMILES string of the molecule is Cc1ccccc1-c1c2ccccc2c(-c2cccc3ccccc23)c2cc(-n3c(-c4ccccc4)ccc3-c3ccccc3)ccc12. The lowest BCUT2D eigenvalue weighted by atomic mass is 9.83. The number of aryl methyl sites for hydroxylation is 1. The molecule has 9 rings (SSSR count). The molecule has 0 bridgehead atoms. The lowest BCUT2D eigenvalue weighted by Crippen LogP contribution is -2.00. The van der Waals surface area contributed by atoms with Gasteiger partial charge in [0.25, 0.3) is 0 Å². The predicted molar refractivity (Wildman–Crippen MR) is 205 cm³/mol. The summed E-state index contributed by atoms with van der Waals surface area (Å²) in [5.41, 5.74) is 12.2. The van der Waals surface area contributed by atoms with Crippen LogP contribution in [0.1, 0.15) is 5.56 Å². The average Bonchev–Trinajstić information content (AvgIpc) is 3.60. The summed E-state index contributed by atoms with van der Waals surface area (Å²) in [6.45, 7) is 2.22. The van der Waals surface area contributed by atoms with E-state index in [4.69, 9.17) is 0 Å². The molecule has 0 aliphatic rings. The first-order valence-electron chi connectivity index (χ1n) is 16.6. The predicted octanol–water partition coefficient (Wildman–Crippen LogP) is 12.9. The molecule has 0 aliphatic carbocycles. The van der Waals surface area contributed by atoms with Crippen LogP contribution in [-0.4, -0.2) is 4.57 Å². The zero-order valence-corrected chi connectivity index (χ0v) is 26.8. The molecule has 0 amide bonds. The molecule has 9 aromatic rings. The van der Waals surface area contributed by atoms with Gasteiger partial charge in [-0.2, -0.15) is 0 Å². The molecule has 48 heavy (non-hydrogen) atoms. The fourth-order valence-electron chi connectivity index (χ4n) is 7.57. The molecule has 0 N–H and O–H groups in total. The zero-order chi connectivity index (χ0) is 32.0. The van der Waals surface area contributed by atoms with Gasteiger partial charge < -0.3 is 4.57 Å². The van der Waals surface area contributed by atoms with Crippen LogP contribution in [0.15, 0.2) is 182 Å². The van der Waals surface area contributed by atoms with Gasteiger partial charge in [-0.25, -0.2) is 0 Å². The Morgan fingerprint density at radius 3 is 1.52 bits per heavy atom. The van der Waals surface area contributed by atoms with Crippen LogP contribution in [0.2, 0.25) is 0 Å². The highest BCUT2D eigenvalue weighted by atomic mass is 15.0. The second-order valence-corrected chi connectivity index (χ2v) is 12.5. The number of hydrogen-bond donors (Lipinski definition) is 0. The lowest BCUT2D eigenvalue weighted by molar-refractivity contribution is 1.10. The summed E-state index contributed by atoms with van der Waals surface area (Å²) < 4.78 is 2.43. The third kappa shape index (κ3) is 4.55. The van der Waals surface area contributed by atoms with Crippen molar-refractivity contribution in [2.75, 3.05) is 0 Å². The van der Waals surface area contributed by atoms with Crippen molar-refractivity contribution in [3.05, 3.63) is 188 Å². The third-order valence-corrected chi connectivity index (χ3v) is 9.76. The van der Waals surface area contributed by atoms with E-state index in [0.29, 0.717) is 0 Å². The summed E-state index contributed by atoms with van der Waals surface area (Å²) in [6, 6.07) is 66.3. The van der Waals surface area contributed by atoms with Crippen molar-refractivity contribution in [2.24, 2.45) is 0 Å². The minimum absolute atomic E-state index is 1.14. The van der Waals surface area contributed by atoms with E-state index in [-0.39, 0.29) is 0 Å². The molecule has 0 saturated carbocycles. The highest BCUT2D eigenvalue weighted by Crippen LogP contribution is 2.47. The Morgan fingerprint density at radius 2 is 0.854 bits per heavy atom. The molecule has 1 aromatic heterocycles. The van der Waals surface area contributed by atoms with Crippen LogP contribution in [-0.2, 0) is 0 Å². The highest BCUT2D eigenvalue weighted by Gasteiger charge is 2.21. The third-order valence-electron chi connectivity index (χ3n) is 9.76. The van der Waals surface area contributed by atoms with E-state index in [1.807, 2.05) is 0 Å². The molecule has 0 fully saturated rings. The topological polar surface area (TPSA) is 4.93 Å². The van der Waals surface area contributed by atoms with Crippen molar-refractivity contribution in [3.63, 3.8) is 0 Å². The minimum atomic E-state index is 1.14. The Kier molecular flexibility index (Phi) is 6.76. The van der Waals surface area contributed by atoms with Crippen LogP contribution in [0.3, 0.4) is 0 Å².